The summed E-state index contributed by atoms with van der Waals surface area (Å²) < 4.78 is 0. The fourth-order valence-electron chi connectivity index (χ4n) is 3.25. The molecule has 146 valence electrons. The Morgan fingerprint density at radius 1 is 1.07 bits per heavy atom. The van der Waals surface area contributed by atoms with Crippen molar-refractivity contribution in [2.75, 3.05) is 0 Å². The zero-order valence-corrected chi connectivity index (χ0v) is 16.1. The van der Waals surface area contributed by atoms with Gasteiger partial charge in [-0.3, -0.25) is 14.6 Å². The predicted octanol–water partition coefficient (Wildman–Crippen LogP) is 3.83. The van der Waals surface area contributed by atoms with Crippen molar-refractivity contribution in [3.63, 3.8) is 0 Å². The largest absolute Gasteiger partial charge is 0.481 e. The zero-order chi connectivity index (χ0) is 20.4. The topological polar surface area (TPSA) is 95.8 Å². The van der Waals surface area contributed by atoms with Gasteiger partial charge in [-0.2, -0.15) is 5.10 Å². The van der Waals surface area contributed by atoms with Crippen molar-refractivity contribution in [3.05, 3.63) is 71.0 Å². The summed E-state index contributed by atoms with van der Waals surface area (Å²) in [4.78, 5) is 32.7. The van der Waals surface area contributed by atoms with Gasteiger partial charge in [-0.15, -0.1) is 0 Å². The van der Waals surface area contributed by atoms with Crippen molar-refractivity contribution >= 4 is 40.2 Å². The molecular weight excluding hydrogens is 392 g/mol. The molecule has 1 aliphatic rings. The SMILES string of the molecule is O=C(O)CCC(=O)N1N=C(c2ccc(Cl)cc2)CC1c1cnc2ccccc2n1. The maximum absolute atomic E-state index is 12.7. The number of para-hydroxylation sites is 2. The van der Waals surface area contributed by atoms with Crippen molar-refractivity contribution in [1.82, 2.24) is 15.0 Å². The highest BCUT2D eigenvalue weighted by molar-refractivity contribution is 6.30. The summed E-state index contributed by atoms with van der Waals surface area (Å²) >= 11 is 5.97. The molecule has 1 aromatic heterocycles. The lowest BCUT2D eigenvalue weighted by atomic mass is 10.0. The van der Waals surface area contributed by atoms with Crippen LogP contribution >= 0.6 is 11.6 Å². The molecule has 4 rings (SSSR count). The zero-order valence-electron chi connectivity index (χ0n) is 15.3. The summed E-state index contributed by atoms with van der Waals surface area (Å²) in [7, 11) is 0. The van der Waals surface area contributed by atoms with Crippen molar-refractivity contribution < 1.29 is 14.7 Å². The summed E-state index contributed by atoms with van der Waals surface area (Å²) in [5.41, 5.74) is 3.66. The Hall–Kier alpha value is -3.32. The van der Waals surface area contributed by atoms with Gasteiger partial charge in [0.2, 0.25) is 5.91 Å². The van der Waals surface area contributed by atoms with E-state index in [1.807, 2.05) is 36.4 Å². The maximum atomic E-state index is 12.7. The van der Waals surface area contributed by atoms with E-state index in [2.05, 4.69) is 15.1 Å². The maximum Gasteiger partial charge on any atom is 0.303 e. The van der Waals surface area contributed by atoms with Crippen LogP contribution in [0.15, 0.2) is 59.8 Å². The lowest BCUT2D eigenvalue weighted by molar-refractivity contribution is -0.141. The molecule has 1 unspecified atom stereocenters. The molecule has 29 heavy (non-hydrogen) atoms. The summed E-state index contributed by atoms with van der Waals surface area (Å²) in [5, 5.41) is 15.4. The van der Waals surface area contributed by atoms with E-state index in [-0.39, 0.29) is 18.7 Å². The van der Waals surface area contributed by atoms with Gasteiger partial charge in [0.25, 0.3) is 0 Å². The number of halogens is 1. The fraction of sp³-hybridized carbons (Fsp3) is 0.190. The fourth-order valence-corrected chi connectivity index (χ4v) is 3.37. The number of aromatic nitrogens is 2. The van der Waals surface area contributed by atoms with E-state index in [1.165, 1.54) is 5.01 Å². The van der Waals surface area contributed by atoms with Crippen LogP contribution in [0, 0.1) is 0 Å². The Kier molecular flexibility index (Phi) is 5.22. The summed E-state index contributed by atoms with van der Waals surface area (Å²) in [6.45, 7) is 0. The number of amides is 1. The Labute approximate surface area is 171 Å². The number of hydrazone groups is 1. The van der Waals surface area contributed by atoms with Gasteiger partial charge in [-0.05, 0) is 29.8 Å². The average Bonchev–Trinajstić information content (AvgIpc) is 3.17. The number of hydrogen-bond acceptors (Lipinski definition) is 5. The minimum atomic E-state index is -1.03. The van der Waals surface area contributed by atoms with Crippen LogP contribution in [0.4, 0.5) is 0 Å². The minimum Gasteiger partial charge on any atom is -0.481 e. The molecule has 1 atom stereocenters. The molecule has 1 N–H and O–H groups in total. The molecule has 1 aliphatic heterocycles. The quantitative estimate of drug-likeness (QED) is 0.692. The molecule has 2 aromatic carbocycles. The molecule has 8 heteroatoms. The van der Waals surface area contributed by atoms with Gasteiger partial charge < -0.3 is 5.11 Å². The highest BCUT2D eigenvalue weighted by atomic mass is 35.5. The third kappa shape index (κ3) is 4.09. The normalized spacial score (nSPS) is 16.1. The first-order chi connectivity index (χ1) is 14.0. The van der Waals surface area contributed by atoms with Crippen LogP contribution in [0.3, 0.4) is 0 Å². The molecule has 1 amide bonds. The standard InChI is InChI=1S/C21H17ClN4O3/c22-14-7-5-13(6-8-14)17-11-19(26(25-17)20(27)9-10-21(28)29)18-12-23-15-3-1-2-4-16(15)24-18/h1-8,12,19H,9-11H2,(H,28,29). The van der Waals surface area contributed by atoms with Crippen LogP contribution in [0.2, 0.25) is 5.02 Å². The number of carboxylic acid groups (broad SMARTS) is 1. The van der Waals surface area contributed by atoms with Gasteiger partial charge in [0.1, 0.15) is 6.04 Å². The van der Waals surface area contributed by atoms with E-state index in [4.69, 9.17) is 16.7 Å². The number of fused-ring (bicyclic) bond motifs is 1. The van der Waals surface area contributed by atoms with Gasteiger partial charge in [-0.1, -0.05) is 35.9 Å². The number of benzene rings is 2. The van der Waals surface area contributed by atoms with Crippen LogP contribution in [-0.4, -0.2) is 37.7 Å². The highest BCUT2D eigenvalue weighted by Crippen LogP contribution is 2.33. The van der Waals surface area contributed by atoms with Crippen LogP contribution in [0.25, 0.3) is 11.0 Å². The molecular formula is C21H17ClN4O3. The van der Waals surface area contributed by atoms with Gasteiger partial charge in [0.15, 0.2) is 0 Å². The number of carbonyl (C=O) groups excluding carboxylic acids is 1. The third-order valence-corrected chi connectivity index (χ3v) is 4.96. The summed E-state index contributed by atoms with van der Waals surface area (Å²) in [6.07, 6.45) is 1.71. The molecule has 0 spiro atoms. The molecule has 0 saturated carbocycles. The second-order valence-corrected chi connectivity index (χ2v) is 7.13. The molecule has 0 radical (unpaired) electrons. The smallest absolute Gasteiger partial charge is 0.303 e. The van der Waals surface area contributed by atoms with Crippen LogP contribution in [-0.2, 0) is 9.59 Å². The Balaban J connectivity index is 1.68. The van der Waals surface area contributed by atoms with Crippen molar-refractivity contribution in [3.8, 4) is 0 Å². The summed E-state index contributed by atoms with van der Waals surface area (Å²) in [5.74, 6) is -1.39. The second-order valence-electron chi connectivity index (χ2n) is 6.69. The Morgan fingerprint density at radius 3 is 2.52 bits per heavy atom. The minimum absolute atomic E-state index is 0.135. The number of hydrogen-bond donors (Lipinski definition) is 1. The number of carboxylic acids is 1. The molecule has 0 aliphatic carbocycles. The molecule has 2 heterocycles. The van der Waals surface area contributed by atoms with Crippen LogP contribution in [0.5, 0.6) is 0 Å². The third-order valence-electron chi connectivity index (χ3n) is 4.70. The van der Waals surface area contributed by atoms with Gasteiger partial charge in [-0.25, -0.2) is 9.99 Å². The number of nitrogens with zero attached hydrogens (tertiary/aromatic N) is 4. The molecule has 0 bridgehead atoms. The van der Waals surface area contributed by atoms with E-state index < -0.39 is 12.0 Å². The molecule has 0 saturated heterocycles. The lowest BCUT2D eigenvalue weighted by Gasteiger charge is -2.21. The lowest BCUT2D eigenvalue weighted by Crippen LogP contribution is -2.28. The van der Waals surface area contributed by atoms with E-state index >= 15 is 0 Å². The van der Waals surface area contributed by atoms with E-state index in [0.29, 0.717) is 22.8 Å². The molecule has 7 nitrogen and oxygen atoms in total. The van der Waals surface area contributed by atoms with Crippen molar-refractivity contribution in [2.45, 2.75) is 25.3 Å². The first-order valence-corrected chi connectivity index (χ1v) is 9.48. The second kappa shape index (κ2) is 7.97. The van der Waals surface area contributed by atoms with Crippen molar-refractivity contribution in [2.24, 2.45) is 5.10 Å². The van der Waals surface area contributed by atoms with Crippen LogP contribution in [0.1, 0.15) is 36.6 Å². The van der Waals surface area contributed by atoms with Crippen LogP contribution < -0.4 is 0 Å². The highest BCUT2D eigenvalue weighted by Gasteiger charge is 2.34. The number of carbonyl (C=O) groups is 2. The van der Waals surface area contributed by atoms with E-state index in [1.54, 1.807) is 18.3 Å². The average molecular weight is 409 g/mol. The number of rotatable bonds is 5. The first-order valence-electron chi connectivity index (χ1n) is 9.10. The van der Waals surface area contributed by atoms with Crippen molar-refractivity contribution in [1.29, 1.82) is 0 Å². The number of aliphatic carboxylic acids is 1. The monoisotopic (exact) mass is 408 g/mol. The molecule has 3 aromatic rings. The Morgan fingerprint density at radius 2 is 1.79 bits per heavy atom. The summed E-state index contributed by atoms with van der Waals surface area (Å²) in [6, 6.07) is 14.3. The first kappa shape index (κ1) is 19.0. The van der Waals surface area contributed by atoms with Gasteiger partial charge in [0.05, 0.1) is 35.1 Å². The van der Waals surface area contributed by atoms with Gasteiger partial charge >= 0.3 is 5.97 Å². The molecule has 0 fully saturated rings. The van der Waals surface area contributed by atoms with Gasteiger partial charge in [0, 0.05) is 17.9 Å². The van der Waals surface area contributed by atoms with E-state index in [9.17, 15) is 9.59 Å². The van der Waals surface area contributed by atoms with E-state index in [0.717, 1.165) is 16.6 Å². The Bertz CT molecular complexity index is 1110. The predicted molar refractivity (Wildman–Crippen MR) is 109 cm³/mol.